The van der Waals surface area contributed by atoms with E-state index in [-0.39, 0.29) is 17.2 Å². The maximum atomic E-state index is 13.8. The number of amides is 1. The maximum absolute atomic E-state index is 13.8. The van der Waals surface area contributed by atoms with Gasteiger partial charge in [0, 0.05) is 11.8 Å². The van der Waals surface area contributed by atoms with Gasteiger partial charge in [-0.3, -0.25) is 4.79 Å². The van der Waals surface area contributed by atoms with Gasteiger partial charge in [-0.1, -0.05) is 13.8 Å². The van der Waals surface area contributed by atoms with E-state index in [1.54, 1.807) is 19.9 Å². The van der Waals surface area contributed by atoms with Crippen molar-refractivity contribution in [1.82, 2.24) is 4.98 Å². The lowest BCUT2D eigenvalue weighted by Crippen LogP contribution is -2.17. The Labute approximate surface area is 195 Å². The highest BCUT2D eigenvalue weighted by Gasteiger charge is 2.32. The van der Waals surface area contributed by atoms with Crippen LogP contribution in [0.5, 0.6) is 5.88 Å². The number of halogens is 4. The first-order valence-electron chi connectivity index (χ1n) is 10.5. The molecule has 0 fully saturated rings. The van der Waals surface area contributed by atoms with Gasteiger partial charge in [0.2, 0.25) is 5.88 Å². The van der Waals surface area contributed by atoms with Gasteiger partial charge in [-0.15, -0.1) is 0 Å². The molecule has 9 heteroatoms. The molecule has 1 amide bonds. The molecule has 0 spiro atoms. The minimum atomic E-state index is -4.61. The fourth-order valence-electron chi connectivity index (χ4n) is 3.56. The highest BCUT2D eigenvalue weighted by atomic mass is 19.4. The summed E-state index contributed by atoms with van der Waals surface area (Å²) in [7, 11) is 1.47. The van der Waals surface area contributed by atoms with Gasteiger partial charge in [0.1, 0.15) is 5.82 Å². The summed E-state index contributed by atoms with van der Waals surface area (Å²) in [6.07, 6.45) is -4.61. The number of carbonyl (C=O) groups excluding carboxylic acids is 1. The first-order chi connectivity index (χ1) is 15.9. The predicted octanol–water partition coefficient (Wildman–Crippen LogP) is 6.98. The number of hydrogen-bond acceptors (Lipinski definition) is 4. The Bertz CT molecular complexity index is 1200. The number of alkyl halides is 3. The first-order valence-corrected chi connectivity index (χ1v) is 10.5. The molecule has 3 aromatic rings. The van der Waals surface area contributed by atoms with Gasteiger partial charge in [0.05, 0.1) is 35.3 Å². The van der Waals surface area contributed by atoms with Crippen molar-refractivity contribution < 1.29 is 27.1 Å². The molecule has 0 bridgehead atoms. The highest BCUT2D eigenvalue weighted by molar-refractivity contribution is 6.09. The largest absolute Gasteiger partial charge is 0.481 e. The molecule has 0 atom stereocenters. The smallest absolute Gasteiger partial charge is 0.416 e. The number of pyridine rings is 1. The van der Waals surface area contributed by atoms with Crippen molar-refractivity contribution in [3.8, 4) is 5.88 Å². The van der Waals surface area contributed by atoms with Gasteiger partial charge in [-0.05, 0) is 67.3 Å². The van der Waals surface area contributed by atoms with E-state index in [9.17, 15) is 22.4 Å². The van der Waals surface area contributed by atoms with Crippen LogP contribution < -0.4 is 15.4 Å². The lowest BCUT2D eigenvalue weighted by Gasteiger charge is -2.19. The monoisotopic (exact) mass is 475 g/mol. The van der Waals surface area contributed by atoms with Crippen LogP contribution in [-0.4, -0.2) is 18.0 Å². The normalized spacial score (nSPS) is 11.5. The van der Waals surface area contributed by atoms with Crippen LogP contribution in [0.4, 0.5) is 34.6 Å². The average Bonchev–Trinajstić information content (AvgIpc) is 2.76. The van der Waals surface area contributed by atoms with Crippen LogP contribution in [-0.2, 0) is 6.18 Å². The van der Waals surface area contributed by atoms with Gasteiger partial charge >= 0.3 is 6.18 Å². The molecule has 5 nitrogen and oxygen atoms in total. The van der Waals surface area contributed by atoms with E-state index in [0.29, 0.717) is 34.1 Å². The number of aryl methyl sites for hydroxylation is 2. The van der Waals surface area contributed by atoms with Crippen molar-refractivity contribution >= 4 is 23.0 Å². The molecular formula is C25H25F4N3O2. The molecule has 34 heavy (non-hydrogen) atoms. The summed E-state index contributed by atoms with van der Waals surface area (Å²) in [6, 6.07) is 8.43. The van der Waals surface area contributed by atoms with E-state index >= 15 is 0 Å². The number of nitrogens with one attached hydrogen (secondary N) is 2. The third-order valence-electron chi connectivity index (χ3n) is 5.32. The van der Waals surface area contributed by atoms with Crippen LogP contribution >= 0.6 is 0 Å². The highest BCUT2D eigenvalue weighted by Crippen LogP contribution is 2.35. The van der Waals surface area contributed by atoms with Gasteiger partial charge in [0.25, 0.3) is 5.91 Å². The minimum Gasteiger partial charge on any atom is -0.481 e. The van der Waals surface area contributed by atoms with Crippen LogP contribution in [0.25, 0.3) is 0 Å². The zero-order valence-electron chi connectivity index (χ0n) is 19.4. The average molecular weight is 475 g/mol. The lowest BCUT2D eigenvalue weighted by molar-refractivity contribution is -0.137. The van der Waals surface area contributed by atoms with E-state index < -0.39 is 23.5 Å². The van der Waals surface area contributed by atoms with Crippen LogP contribution in [0, 0.1) is 19.7 Å². The van der Waals surface area contributed by atoms with Crippen LogP contribution in [0.15, 0.2) is 42.5 Å². The number of methoxy groups -OCH3 is 1. The topological polar surface area (TPSA) is 63.2 Å². The van der Waals surface area contributed by atoms with E-state index in [1.807, 2.05) is 13.8 Å². The predicted molar refractivity (Wildman–Crippen MR) is 123 cm³/mol. The van der Waals surface area contributed by atoms with Crippen LogP contribution in [0.2, 0.25) is 0 Å². The number of benzene rings is 2. The van der Waals surface area contributed by atoms with Gasteiger partial charge < -0.3 is 15.4 Å². The standard InChI is InChI=1S/C25H25F4N3O2/c1-13(2)19-12-17(26)7-9-20(19)31-21-11-16(25(27,28)29)6-8-18(21)24(33)32-23-14(3)10-22(34-5)30-15(23)4/h6-13,31H,1-5H3,(H,32,33). The van der Waals surface area contributed by atoms with Crippen LogP contribution in [0.3, 0.4) is 0 Å². The van der Waals surface area contributed by atoms with Gasteiger partial charge in [-0.25, -0.2) is 9.37 Å². The Balaban J connectivity index is 2.06. The fraction of sp³-hybridized carbons (Fsp3) is 0.280. The van der Waals surface area contributed by atoms with Crippen LogP contribution in [0.1, 0.15) is 52.5 Å². The number of nitrogens with zero attached hydrogens (tertiary/aromatic N) is 1. The zero-order chi connectivity index (χ0) is 25.2. The molecule has 1 aromatic heterocycles. The van der Waals surface area contributed by atoms with E-state index in [0.717, 1.165) is 18.2 Å². The van der Waals surface area contributed by atoms with Crippen molar-refractivity contribution in [2.45, 2.75) is 39.8 Å². The molecule has 0 radical (unpaired) electrons. The Morgan fingerprint density at radius 1 is 1.03 bits per heavy atom. The van der Waals surface area contributed by atoms with E-state index in [2.05, 4.69) is 15.6 Å². The number of anilines is 3. The molecule has 180 valence electrons. The van der Waals surface area contributed by atoms with Crippen molar-refractivity contribution in [3.05, 3.63) is 76.2 Å². The summed E-state index contributed by atoms with van der Waals surface area (Å²) in [5, 5.41) is 5.65. The third kappa shape index (κ3) is 5.47. The van der Waals surface area contributed by atoms with Crippen molar-refractivity contribution in [2.75, 3.05) is 17.7 Å². The quantitative estimate of drug-likeness (QED) is 0.378. The summed E-state index contributed by atoms with van der Waals surface area (Å²) in [4.78, 5) is 17.4. The summed E-state index contributed by atoms with van der Waals surface area (Å²) in [6.45, 7) is 7.11. The lowest BCUT2D eigenvalue weighted by atomic mass is 10.00. The number of hydrogen-bond donors (Lipinski definition) is 2. The molecule has 1 heterocycles. The molecule has 2 N–H and O–H groups in total. The molecule has 2 aromatic carbocycles. The molecule has 0 saturated heterocycles. The van der Waals surface area contributed by atoms with Crippen molar-refractivity contribution in [2.24, 2.45) is 0 Å². The Kier molecular flexibility index (Phi) is 7.14. The van der Waals surface area contributed by atoms with Crippen molar-refractivity contribution in [1.29, 1.82) is 0 Å². The molecule has 3 rings (SSSR count). The first kappa shape index (κ1) is 25.0. The molecule has 0 unspecified atom stereocenters. The summed E-state index contributed by atoms with van der Waals surface area (Å²) < 4.78 is 59.2. The molecule has 0 aliphatic heterocycles. The van der Waals surface area contributed by atoms with Gasteiger partial charge in [0.15, 0.2) is 0 Å². The summed E-state index contributed by atoms with van der Waals surface area (Å²) in [5.74, 6) is -0.823. The van der Waals surface area contributed by atoms with Gasteiger partial charge in [-0.2, -0.15) is 13.2 Å². The second-order valence-electron chi connectivity index (χ2n) is 8.17. The van der Waals surface area contributed by atoms with E-state index in [1.165, 1.54) is 25.3 Å². The Morgan fingerprint density at radius 3 is 2.32 bits per heavy atom. The van der Waals surface area contributed by atoms with Crippen molar-refractivity contribution in [3.63, 3.8) is 0 Å². The fourth-order valence-corrected chi connectivity index (χ4v) is 3.56. The minimum absolute atomic E-state index is 0.0124. The second-order valence-corrected chi connectivity index (χ2v) is 8.17. The molecular weight excluding hydrogens is 450 g/mol. The Morgan fingerprint density at radius 2 is 1.74 bits per heavy atom. The number of aromatic nitrogens is 1. The van der Waals surface area contributed by atoms with E-state index in [4.69, 9.17) is 4.74 Å². The maximum Gasteiger partial charge on any atom is 0.416 e. The molecule has 0 saturated carbocycles. The summed E-state index contributed by atoms with van der Waals surface area (Å²) in [5.41, 5.74) is 1.59. The second kappa shape index (κ2) is 9.70. The zero-order valence-corrected chi connectivity index (χ0v) is 19.4. The SMILES string of the molecule is COc1cc(C)c(NC(=O)c2ccc(C(F)(F)F)cc2Nc2ccc(F)cc2C(C)C)c(C)n1. The number of ether oxygens (including phenoxy) is 1. The third-order valence-corrected chi connectivity index (χ3v) is 5.32. The number of carbonyl (C=O) groups is 1. The Hall–Kier alpha value is -3.62. The summed E-state index contributed by atoms with van der Waals surface area (Å²) >= 11 is 0. The molecule has 0 aliphatic rings. The molecule has 0 aliphatic carbocycles. The number of rotatable bonds is 6.